The van der Waals surface area contributed by atoms with Crippen molar-refractivity contribution < 1.29 is 0 Å². The summed E-state index contributed by atoms with van der Waals surface area (Å²) in [6.45, 7) is 6.62. The summed E-state index contributed by atoms with van der Waals surface area (Å²) >= 11 is 0. The lowest BCUT2D eigenvalue weighted by Crippen LogP contribution is -2.57. The minimum Gasteiger partial charge on any atom is -0.319 e. The van der Waals surface area contributed by atoms with Gasteiger partial charge in [-0.2, -0.15) is 0 Å². The molecule has 0 aliphatic rings. The fourth-order valence-corrected chi connectivity index (χ4v) is 2.56. The fraction of sp³-hybridized carbons (Fsp3) is 1.00. The van der Waals surface area contributed by atoms with E-state index in [1.165, 1.54) is 12.8 Å². The van der Waals surface area contributed by atoms with Crippen LogP contribution in [0.1, 0.15) is 26.7 Å². The number of hydrogen-bond acceptors (Lipinski definition) is 3. The zero-order valence-electron chi connectivity index (χ0n) is 7.91. The molecule has 0 spiro atoms. The van der Waals surface area contributed by atoms with E-state index in [9.17, 15) is 0 Å². The lowest BCUT2D eigenvalue weighted by atomic mass is 10.5. The first kappa shape index (κ1) is 11.1. The van der Waals surface area contributed by atoms with E-state index in [4.69, 9.17) is 0 Å². The van der Waals surface area contributed by atoms with Crippen molar-refractivity contribution in [2.24, 2.45) is 0 Å². The summed E-state index contributed by atoms with van der Waals surface area (Å²) in [5.74, 6) is 0. The average molecular weight is 175 g/mol. The van der Waals surface area contributed by atoms with Crippen LogP contribution in [0.3, 0.4) is 0 Å². The Bertz CT molecular complexity index is 72.1. The second-order valence-electron chi connectivity index (χ2n) is 2.63. The van der Waals surface area contributed by atoms with Gasteiger partial charge in [-0.15, -0.1) is 0 Å². The van der Waals surface area contributed by atoms with Crippen molar-refractivity contribution in [2.45, 2.75) is 26.7 Å². The first-order chi connectivity index (χ1) is 5.35. The van der Waals surface area contributed by atoms with Gasteiger partial charge in [-0.3, -0.25) is 0 Å². The average Bonchev–Trinajstić information content (AvgIpc) is 2.05. The van der Waals surface area contributed by atoms with Gasteiger partial charge in [0.1, 0.15) is 0 Å². The van der Waals surface area contributed by atoms with E-state index < -0.39 is 9.28 Å². The molecular formula is C7H21N3Si. The Hall–Kier alpha value is 0.0969. The molecule has 3 nitrogen and oxygen atoms in total. The summed E-state index contributed by atoms with van der Waals surface area (Å²) in [4.78, 5) is 10.2. The summed E-state index contributed by atoms with van der Waals surface area (Å²) in [7, 11) is 1.02. The third-order valence-corrected chi connectivity index (χ3v) is 3.46. The van der Waals surface area contributed by atoms with Crippen LogP contribution in [0.5, 0.6) is 0 Å². The highest BCUT2D eigenvalue weighted by Gasteiger charge is 2.03. The SMILES string of the molecule is CCCN[SiH](NC)NCCC. The fourth-order valence-electron chi connectivity index (χ4n) is 0.854. The van der Waals surface area contributed by atoms with Gasteiger partial charge in [0.15, 0.2) is 0 Å². The van der Waals surface area contributed by atoms with Crippen LogP contribution in [0, 0.1) is 0 Å². The highest BCUT2D eigenvalue weighted by atomic mass is 28.3. The summed E-state index contributed by atoms with van der Waals surface area (Å²) in [6.07, 6.45) is 2.41. The number of nitrogens with one attached hydrogen (secondary N) is 3. The molecule has 0 aromatic rings. The lowest BCUT2D eigenvalue weighted by Gasteiger charge is -2.15. The smallest absolute Gasteiger partial charge is 0.264 e. The summed E-state index contributed by atoms with van der Waals surface area (Å²) < 4.78 is 0. The lowest BCUT2D eigenvalue weighted by molar-refractivity contribution is 0.768. The first-order valence-corrected chi connectivity index (χ1v) is 6.22. The summed E-state index contributed by atoms with van der Waals surface area (Å²) in [6, 6.07) is 0. The van der Waals surface area contributed by atoms with Gasteiger partial charge in [-0.25, -0.2) is 0 Å². The molecule has 0 heterocycles. The molecule has 4 heteroatoms. The van der Waals surface area contributed by atoms with Gasteiger partial charge in [0.25, 0.3) is 9.28 Å². The maximum Gasteiger partial charge on any atom is 0.264 e. The molecule has 0 aliphatic carbocycles. The molecule has 0 bridgehead atoms. The van der Waals surface area contributed by atoms with Gasteiger partial charge in [0.2, 0.25) is 0 Å². The molecule has 11 heavy (non-hydrogen) atoms. The molecule has 0 amide bonds. The molecule has 0 radical (unpaired) electrons. The molecule has 0 rings (SSSR count). The van der Waals surface area contributed by atoms with Gasteiger partial charge in [0, 0.05) is 0 Å². The Kier molecular flexibility index (Phi) is 8.27. The second-order valence-corrected chi connectivity index (χ2v) is 4.89. The van der Waals surface area contributed by atoms with Gasteiger partial charge in [-0.1, -0.05) is 13.8 Å². The van der Waals surface area contributed by atoms with Crippen molar-refractivity contribution in [2.75, 3.05) is 20.1 Å². The van der Waals surface area contributed by atoms with Crippen LogP contribution < -0.4 is 14.9 Å². The quantitative estimate of drug-likeness (QED) is 0.474. The molecule has 0 aromatic carbocycles. The normalized spacial score (nSPS) is 10.9. The Morgan fingerprint density at radius 1 is 1.00 bits per heavy atom. The van der Waals surface area contributed by atoms with E-state index >= 15 is 0 Å². The van der Waals surface area contributed by atoms with Crippen LogP contribution in [-0.2, 0) is 0 Å². The van der Waals surface area contributed by atoms with Crippen LogP contribution in [0.25, 0.3) is 0 Å². The van der Waals surface area contributed by atoms with Gasteiger partial charge < -0.3 is 14.9 Å². The summed E-state index contributed by atoms with van der Waals surface area (Å²) in [5, 5.41) is 0. The third-order valence-electron chi connectivity index (χ3n) is 1.49. The van der Waals surface area contributed by atoms with E-state index in [1.807, 2.05) is 7.05 Å². The Balaban J connectivity index is 3.25. The van der Waals surface area contributed by atoms with Gasteiger partial charge in [0.05, 0.1) is 0 Å². The Labute approximate surface area is 71.8 Å². The van der Waals surface area contributed by atoms with Crippen molar-refractivity contribution in [3.63, 3.8) is 0 Å². The van der Waals surface area contributed by atoms with E-state index in [1.54, 1.807) is 0 Å². The molecular weight excluding hydrogens is 154 g/mol. The zero-order chi connectivity index (χ0) is 8.53. The molecule has 0 unspecified atom stereocenters. The highest BCUT2D eigenvalue weighted by Crippen LogP contribution is 1.73. The van der Waals surface area contributed by atoms with E-state index in [2.05, 4.69) is 28.8 Å². The van der Waals surface area contributed by atoms with Crippen LogP contribution in [0.15, 0.2) is 0 Å². The standard InChI is InChI=1S/C7H21N3Si/c1-4-6-9-11(8-3)10-7-5-2/h8-11H,4-7H2,1-3H3. The Morgan fingerprint density at radius 2 is 1.45 bits per heavy atom. The molecule has 0 saturated heterocycles. The highest BCUT2D eigenvalue weighted by molar-refractivity contribution is 6.50. The minimum absolute atomic E-state index is 0.998. The molecule has 68 valence electrons. The van der Waals surface area contributed by atoms with Crippen LogP contribution in [0.2, 0.25) is 0 Å². The molecule has 0 aliphatic heterocycles. The van der Waals surface area contributed by atoms with Gasteiger partial charge >= 0.3 is 0 Å². The van der Waals surface area contributed by atoms with Crippen LogP contribution >= 0.6 is 0 Å². The van der Waals surface area contributed by atoms with E-state index in [-0.39, 0.29) is 0 Å². The molecule has 0 aromatic heterocycles. The Morgan fingerprint density at radius 3 is 1.73 bits per heavy atom. The largest absolute Gasteiger partial charge is 0.319 e. The van der Waals surface area contributed by atoms with Crippen molar-refractivity contribution >= 4 is 9.28 Å². The van der Waals surface area contributed by atoms with E-state index in [0.29, 0.717) is 0 Å². The summed E-state index contributed by atoms with van der Waals surface area (Å²) in [5.41, 5.74) is 0. The van der Waals surface area contributed by atoms with Crippen molar-refractivity contribution in [3.05, 3.63) is 0 Å². The van der Waals surface area contributed by atoms with Crippen molar-refractivity contribution in [3.8, 4) is 0 Å². The predicted molar refractivity (Wildman–Crippen MR) is 52.8 cm³/mol. The minimum atomic E-state index is -0.998. The second kappa shape index (κ2) is 8.20. The number of rotatable bonds is 7. The molecule has 3 N–H and O–H groups in total. The van der Waals surface area contributed by atoms with Crippen LogP contribution in [0.4, 0.5) is 0 Å². The van der Waals surface area contributed by atoms with Crippen molar-refractivity contribution in [1.82, 2.24) is 14.9 Å². The monoisotopic (exact) mass is 175 g/mol. The zero-order valence-corrected chi connectivity index (χ0v) is 9.06. The van der Waals surface area contributed by atoms with Crippen molar-refractivity contribution in [1.29, 1.82) is 0 Å². The maximum absolute atomic E-state index is 3.47. The maximum atomic E-state index is 3.47. The van der Waals surface area contributed by atoms with Gasteiger partial charge in [-0.05, 0) is 33.0 Å². The topological polar surface area (TPSA) is 36.1 Å². The molecule has 0 fully saturated rings. The molecule has 0 atom stereocenters. The first-order valence-electron chi connectivity index (χ1n) is 4.49. The molecule has 0 saturated carbocycles. The predicted octanol–water partition coefficient (Wildman–Crippen LogP) is -0.0778. The number of hydrogen-bond donors (Lipinski definition) is 3. The third kappa shape index (κ3) is 6.49. The van der Waals surface area contributed by atoms with Crippen LogP contribution in [-0.4, -0.2) is 29.4 Å². The van der Waals surface area contributed by atoms with E-state index in [0.717, 1.165) is 13.1 Å².